The summed E-state index contributed by atoms with van der Waals surface area (Å²) >= 11 is 1.22. The molecule has 2 aromatic heterocycles. The molecule has 2 heterocycles. The van der Waals surface area contributed by atoms with Crippen LogP contribution in [0.3, 0.4) is 0 Å². The molecule has 0 saturated carbocycles. The van der Waals surface area contributed by atoms with Crippen LogP contribution in [0, 0.1) is 6.92 Å². The standard InChI is InChI=1S/C7H7N3O2S/c1-4-2-6(12)10-7(8-4)13-5(3-11)9-10/h2,11H,3H2,1H3. The second-order valence-electron chi connectivity index (χ2n) is 2.58. The van der Waals surface area contributed by atoms with Crippen molar-refractivity contribution in [2.24, 2.45) is 0 Å². The number of hydrogen-bond acceptors (Lipinski definition) is 5. The van der Waals surface area contributed by atoms with Crippen LogP contribution in [0.1, 0.15) is 10.7 Å². The van der Waals surface area contributed by atoms with Gasteiger partial charge in [0, 0.05) is 11.8 Å². The van der Waals surface area contributed by atoms with Gasteiger partial charge in [-0.25, -0.2) is 4.98 Å². The normalized spacial score (nSPS) is 10.9. The van der Waals surface area contributed by atoms with Crippen LogP contribution in [0.25, 0.3) is 4.96 Å². The number of hydrogen-bond donors (Lipinski definition) is 1. The molecule has 6 heteroatoms. The molecule has 2 aromatic rings. The third kappa shape index (κ3) is 1.34. The predicted molar refractivity (Wildman–Crippen MR) is 47.8 cm³/mol. The second kappa shape index (κ2) is 2.90. The Morgan fingerprint density at radius 3 is 3.15 bits per heavy atom. The summed E-state index contributed by atoms with van der Waals surface area (Å²) < 4.78 is 1.20. The Morgan fingerprint density at radius 1 is 1.69 bits per heavy atom. The maximum absolute atomic E-state index is 11.3. The summed E-state index contributed by atoms with van der Waals surface area (Å²) in [6, 6.07) is 1.41. The third-order valence-electron chi connectivity index (χ3n) is 1.55. The van der Waals surface area contributed by atoms with Crippen molar-refractivity contribution in [2.45, 2.75) is 13.5 Å². The SMILES string of the molecule is Cc1cc(=O)n2nc(CO)sc2n1. The van der Waals surface area contributed by atoms with E-state index < -0.39 is 0 Å². The summed E-state index contributed by atoms with van der Waals surface area (Å²) in [6.07, 6.45) is 0. The van der Waals surface area contributed by atoms with E-state index in [-0.39, 0.29) is 12.2 Å². The van der Waals surface area contributed by atoms with Gasteiger partial charge in [-0.05, 0) is 6.92 Å². The molecule has 0 aliphatic rings. The number of fused-ring (bicyclic) bond motifs is 1. The summed E-state index contributed by atoms with van der Waals surface area (Å²) in [7, 11) is 0. The summed E-state index contributed by atoms with van der Waals surface area (Å²) in [5, 5.41) is 13.2. The van der Waals surface area contributed by atoms with Crippen molar-refractivity contribution >= 4 is 16.3 Å². The minimum absolute atomic E-state index is 0.160. The fraction of sp³-hybridized carbons (Fsp3) is 0.286. The molecular weight excluding hydrogens is 190 g/mol. The summed E-state index contributed by atoms with van der Waals surface area (Å²) in [4.78, 5) is 15.9. The first-order valence-electron chi connectivity index (χ1n) is 3.68. The number of aliphatic hydroxyl groups is 1. The molecule has 5 nitrogen and oxygen atoms in total. The number of aryl methyl sites for hydroxylation is 1. The molecule has 0 amide bonds. The van der Waals surface area contributed by atoms with E-state index in [4.69, 9.17) is 5.11 Å². The highest BCUT2D eigenvalue weighted by atomic mass is 32.1. The zero-order valence-corrected chi connectivity index (χ0v) is 7.71. The molecule has 0 aliphatic carbocycles. The molecule has 1 N–H and O–H groups in total. The van der Waals surface area contributed by atoms with Crippen LogP contribution in [-0.2, 0) is 6.61 Å². The summed E-state index contributed by atoms with van der Waals surface area (Å²) in [5.74, 6) is 0. The maximum atomic E-state index is 11.3. The van der Waals surface area contributed by atoms with E-state index in [1.54, 1.807) is 6.92 Å². The molecule has 68 valence electrons. The van der Waals surface area contributed by atoms with Crippen molar-refractivity contribution in [3.63, 3.8) is 0 Å². The smallest absolute Gasteiger partial charge is 0.275 e. The molecule has 0 unspecified atom stereocenters. The molecule has 0 radical (unpaired) electrons. The van der Waals surface area contributed by atoms with E-state index in [1.165, 1.54) is 21.9 Å². The Morgan fingerprint density at radius 2 is 2.46 bits per heavy atom. The van der Waals surface area contributed by atoms with Crippen molar-refractivity contribution in [1.29, 1.82) is 0 Å². The van der Waals surface area contributed by atoms with Gasteiger partial charge in [0.05, 0.1) is 6.61 Å². The molecule has 0 bridgehead atoms. The Bertz CT molecular complexity index is 502. The van der Waals surface area contributed by atoms with Crippen LogP contribution in [-0.4, -0.2) is 19.7 Å². The number of nitrogens with zero attached hydrogens (tertiary/aromatic N) is 3. The zero-order valence-electron chi connectivity index (χ0n) is 6.89. The molecule has 0 spiro atoms. The lowest BCUT2D eigenvalue weighted by Gasteiger charge is -1.89. The molecule has 0 atom stereocenters. The molecule has 0 saturated heterocycles. The van der Waals surface area contributed by atoms with E-state index in [9.17, 15) is 4.79 Å². The van der Waals surface area contributed by atoms with Gasteiger partial charge in [0.25, 0.3) is 5.56 Å². The molecule has 0 fully saturated rings. The number of rotatable bonds is 1. The van der Waals surface area contributed by atoms with Crippen molar-refractivity contribution < 1.29 is 5.11 Å². The van der Waals surface area contributed by atoms with Gasteiger partial charge >= 0.3 is 0 Å². The molecular formula is C7H7N3O2S. The second-order valence-corrected chi connectivity index (χ2v) is 3.62. The Hall–Kier alpha value is -1.27. The van der Waals surface area contributed by atoms with Gasteiger partial charge in [0.1, 0.15) is 5.01 Å². The lowest BCUT2D eigenvalue weighted by Crippen LogP contribution is -2.14. The quantitative estimate of drug-likeness (QED) is 0.696. The lowest BCUT2D eigenvalue weighted by atomic mass is 10.5. The average molecular weight is 197 g/mol. The minimum atomic E-state index is -0.210. The maximum Gasteiger partial charge on any atom is 0.275 e. The van der Waals surface area contributed by atoms with Crippen molar-refractivity contribution in [3.05, 3.63) is 27.1 Å². The number of aliphatic hydroxyl groups excluding tert-OH is 1. The monoisotopic (exact) mass is 197 g/mol. The Balaban J connectivity index is 2.83. The summed E-state index contributed by atoms with van der Waals surface area (Å²) in [5.41, 5.74) is 0.455. The highest BCUT2D eigenvalue weighted by Crippen LogP contribution is 2.10. The zero-order chi connectivity index (χ0) is 9.42. The minimum Gasteiger partial charge on any atom is -0.389 e. The Labute approximate surface area is 77.3 Å². The van der Waals surface area contributed by atoms with Crippen molar-refractivity contribution in [3.8, 4) is 0 Å². The van der Waals surface area contributed by atoms with Crippen LogP contribution >= 0.6 is 11.3 Å². The van der Waals surface area contributed by atoms with E-state index in [1.807, 2.05) is 0 Å². The molecule has 13 heavy (non-hydrogen) atoms. The van der Waals surface area contributed by atoms with Gasteiger partial charge in [-0.3, -0.25) is 4.79 Å². The van der Waals surface area contributed by atoms with Crippen LogP contribution in [0.5, 0.6) is 0 Å². The summed E-state index contributed by atoms with van der Waals surface area (Å²) in [6.45, 7) is 1.59. The van der Waals surface area contributed by atoms with Gasteiger partial charge in [-0.2, -0.15) is 9.61 Å². The van der Waals surface area contributed by atoms with E-state index in [2.05, 4.69) is 10.1 Å². The highest BCUT2D eigenvalue weighted by molar-refractivity contribution is 7.16. The van der Waals surface area contributed by atoms with E-state index in [0.29, 0.717) is 15.7 Å². The van der Waals surface area contributed by atoms with Gasteiger partial charge < -0.3 is 5.11 Å². The van der Waals surface area contributed by atoms with E-state index >= 15 is 0 Å². The van der Waals surface area contributed by atoms with Gasteiger partial charge in [0.2, 0.25) is 4.96 Å². The highest BCUT2D eigenvalue weighted by Gasteiger charge is 2.05. The molecule has 0 aromatic carbocycles. The first-order chi connectivity index (χ1) is 6.20. The van der Waals surface area contributed by atoms with Crippen molar-refractivity contribution in [1.82, 2.24) is 14.6 Å². The third-order valence-corrected chi connectivity index (χ3v) is 2.44. The first-order valence-corrected chi connectivity index (χ1v) is 4.49. The average Bonchev–Trinajstić information content (AvgIpc) is 2.47. The predicted octanol–water partition coefficient (Wildman–Crippen LogP) is -0.0483. The van der Waals surface area contributed by atoms with Gasteiger partial charge in [-0.1, -0.05) is 11.3 Å². The number of aromatic nitrogens is 3. The first kappa shape index (κ1) is 8.33. The Kier molecular flexibility index (Phi) is 1.86. The van der Waals surface area contributed by atoms with E-state index in [0.717, 1.165) is 0 Å². The van der Waals surface area contributed by atoms with Crippen LogP contribution in [0.2, 0.25) is 0 Å². The van der Waals surface area contributed by atoms with Crippen LogP contribution < -0.4 is 5.56 Å². The largest absolute Gasteiger partial charge is 0.389 e. The molecule has 2 rings (SSSR count). The van der Waals surface area contributed by atoms with Gasteiger partial charge in [-0.15, -0.1) is 0 Å². The molecule has 0 aliphatic heterocycles. The van der Waals surface area contributed by atoms with Crippen LogP contribution in [0.4, 0.5) is 0 Å². The van der Waals surface area contributed by atoms with Crippen molar-refractivity contribution in [2.75, 3.05) is 0 Å². The lowest BCUT2D eigenvalue weighted by molar-refractivity contribution is 0.279. The topological polar surface area (TPSA) is 67.5 Å². The van der Waals surface area contributed by atoms with Gasteiger partial charge in [0.15, 0.2) is 0 Å². The fourth-order valence-corrected chi connectivity index (χ4v) is 1.83. The fourth-order valence-electron chi connectivity index (χ4n) is 1.02. The van der Waals surface area contributed by atoms with Crippen LogP contribution in [0.15, 0.2) is 10.9 Å².